The van der Waals surface area contributed by atoms with Gasteiger partial charge in [-0.2, -0.15) is 0 Å². The second-order valence-electron chi connectivity index (χ2n) is 3.62. The van der Waals surface area contributed by atoms with Gasteiger partial charge in [0.25, 0.3) is 0 Å². The predicted molar refractivity (Wildman–Crippen MR) is 67.5 cm³/mol. The molecule has 0 heterocycles. The van der Waals surface area contributed by atoms with Gasteiger partial charge in [0.2, 0.25) is 0 Å². The van der Waals surface area contributed by atoms with Crippen LogP contribution in [0.5, 0.6) is 11.5 Å². The zero-order chi connectivity index (χ0) is 12.5. The molecule has 2 N–H and O–H groups in total. The molecule has 0 radical (unpaired) electrons. The van der Waals surface area contributed by atoms with Gasteiger partial charge in [-0.15, -0.1) is 0 Å². The molecular formula is C13H21NO3. The first-order chi connectivity index (χ1) is 8.30. The summed E-state index contributed by atoms with van der Waals surface area (Å²) >= 11 is 0. The molecule has 0 aliphatic heterocycles. The fourth-order valence-corrected chi connectivity index (χ4v) is 1.45. The summed E-state index contributed by atoms with van der Waals surface area (Å²) in [5.41, 5.74) is 6.61. The summed E-state index contributed by atoms with van der Waals surface area (Å²) in [6.07, 6.45) is 0.878. The van der Waals surface area contributed by atoms with Crippen molar-refractivity contribution in [1.82, 2.24) is 0 Å². The summed E-state index contributed by atoms with van der Waals surface area (Å²) in [4.78, 5) is 0. The molecule has 4 nitrogen and oxygen atoms in total. The van der Waals surface area contributed by atoms with Gasteiger partial charge in [0.1, 0.15) is 11.5 Å². The summed E-state index contributed by atoms with van der Waals surface area (Å²) in [5.74, 6) is 1.56. The lowest BCUT2D eigenvalue weighted by molar-refractivity contribution is 0.131. The fourth-order valence-electron chi connectivity index (χ4n) is 1.45. The number of nitrogens with two attached hydrogens (primary N) is 1. The second kappa shape index (κ2) is 7.92. The maximum Gasteiger partial charge on any atom is 0.123 e. The second-order valence-corrected chi connectivity index (χ2v) is 3.62. The van der Waals surface area contributed by atoms with Crippen molar-refractivity contribution in [2.75, 3.05) is 26.9 Å². The first kappa shape index (κ1) is 13.8. The van der Waals surface area contributed by atoms with Gasteiger partial charge in [-0.1, -0.05) is 0 Å². The molecule has 0 aliphatic carbocycles. The average Bonchev–Trinajstić information content (AvgIpc) is 2.38. The predicted octanol–water partition coefficient (Wildman–Crippen LogP) is 1.96. The summed E-state index contributed by atoms with van der Waals surface area (Å²) < 4.78 is 16.0. The number of hydrogen-bond acceptors (Lipinski definition) is 4. The van der Waals surface area contributed by atoms with E-state index in [0.29, 0.717) is 13.2 Å². The van der Waals surface area contributed by atoms with Gasteiger partial charge in [-0.3, -0.25) is 0 Å². The number of rotatable bonds is 8. The lowest BCUT2D eigenvalue weighted by Gasteiger charge is -2.10. The van der Waals surface area contributed by atoms with Gasteiger partial charge in [0.15, 0.2) is 0 Å². The Morgan fingerprint density at radius 1 is 1.12 bits per heavy atom. The van der Waals surface area contributed by atoms with Crippen LogP contribution in [0.15, 0.2) is 18.2 Å². The minimum Gasteiger partial charge on any atom is -0.497 e. The highest BCUT2D eigenvalue weighted by Gasteiger charge is 2.01. The fraction of sp³-hybridized carbons (Fsp3) is 0.538. The maximum absolute atomic E-state index is 5.62. The average molecular weight is 239 g/mol. The lowest BCUT2D eigenvalue weighted by atomic mass is 10.2. The zero-order valence-electron chi connectivity index (χ0n) is 10.6. The van der Waals surface area contributed by atoms with Crippen LogP contribution in [0.2, 0.25) is 0 Å². The van der Waals surface area contributed by atoms with Gasteiger partial charge >= 0.3 is 0 Å². The van der Waals surface area contributed by atoms with Gasteiger partial charge in [-0.05, 0) is 24.6 Å². The molecule has 4 heteroatoms. The lowest BCUT2D eigenvalue weighted by Crippen LogP contribution is -2.04. The summed E-state index contributed by atoms with van der Waals surface area (Å²) in [7, 11) is 1.63. The summed E-state index contributed by atoms with van der Waals surface area (Å²) in [6, 6.07) is 5.70. The van der Waals surface area contributed by atoms with Crippen LogP contribution in [-0.4, -0.2) is 26.9 Å². The third kappa shape index (κ3) is 5.06. The third-order valence-electron chi connectivity index (χ3n) is 2.32. The molecule has 0 aliphatic rings. The van der Waals surface area contributed by atoms with Crippen LogP contribution in [0, 0.1) is 0 Å². The summed E-state index contributed by atoms with van der Waals surface area (Å²) in [6.45, 7) is 4.57. The standard InChI is InChI=1S/C13H21NO3/c1-3-16-5-4-6-17-13-8-11(10-14)7-12(9-13)15-2/h7-9H,3-6,10,14H2,1-2H3. The highest BCUT2D eigenvalue weighted by Crippen LogP contribution is 2.22. The van der Waals surface area contributed by atoms with E-state index in [1.807, 2.05) is 25.1 Å². The Bertz CT molecular complexity index is 306. The zero-order valence-corrected chi connectivity index (χ0v) is 10.6. The number of methoxy groups -OCH3 is 1. The Kier molecular flexibility index (Phi) is 6.43. The minimum absolute atomic E-state index is 0.479. The van der Waals surface area contributed by atoms with Crippen molar-refractivity contribution in [3.8, 4) is 11.5 Å². The molecule has 0 saturated carbocycles. The third-order valence-corrected chi connectivity index (χ3v) is 2.32. The highest BCUT2D eigenvalue weighted by molar-refractivity contribution is 5.38. The van der Waals surface area contributed by atoms with Gasteiger partial charge < -0.3 is 19.9 Å². The molecule has 0 spiro atoms. The molecule has 1 rings (SSSR count). The van der Waals surface area contributed by atoms with E-state index < -0.39 is 0 Å². The van der Waals surface area contributed by atoms with Crippen LogP contribution < -0.4 is 15.2 Å². The van der Waals surface area contributed by atoms with E-state index in [9.17, 15) is 0 Å². The highest BCUT2D eigenvalue weighted by atomic mass is 16.5. The Balaban J connectivity index is 2.46. The van der Waals surface area contributed by atoms with Crippen molar-refractivity contribution in [2.45, 2.75) is 19.9 Å². The summed E-state index contributed by atoms with van der Waals surface area (Å²) in [5, 5.41) is 0. The van der Waals surface area contributed by atoms with Crippen molar-refractivity contribution in [2.24, 2.45) is 5.73 Å². The van der Waals surface area contributed by atoms with Crippen molar-refractivity contribution in [3.05, 3.63) is 23.8 Å². The van der Waals surface area contributed by atoms with Crippen molar-refractivity contribution >= 4 is 0 Å². The Morgan fingerprint density at radius 2 is 1.88 bits per heavy atom. The first-order valence-corrected chi connectivity index (χ1v) is 5.88. The number of ether oxygens (including phenoxy) is 3. The number of hydrogen-bond donors (Lipinski definition) is 1. The molecule has 0 bridgehead atoms. The normalized spacial score (nSPS) is 10.3. The van der Waals surface area contributed by atoms with E-state index in [2.05, 4.69) is 0 Å². The maximum atomic E-state index is 5.62. The van der Waals surface area contributed by atoms with E-state index in [4.69, 9.17) is 19.9 Å². The SMILES string of the molecule is CCOCCCOc1cc(CN)cc(OC)c1. The van der Waals surface area contributed by atoms with E-state index in [-0.39, 0.29) is 0 Å². The quantitative estimate of drug-likeness (QED) is 0.705. The Hall–Kier alpha value is -1.26. The molecule has 0 unspecified atom stereocenters. The van der Waals surface area contributed by atoms with Crippen LogP contribution in [0.1, 0.15) is 18.9 Å². The molecule has 96 valence electrons. The molecule has 0 aromatic heterocycles. The van der Waals surface area contributed by atoms with Crippen molar-refractivity contribution in [3.63, 3.8) is 0 Å². The monoisotopic (exact) mass is 239 g/mol. The molecule has 1 aromatic rings. The van der Waals surface area contributed by atoms with Crippen LogP contribution in [0.4, 0.5) is 0 Å². The van der Waals surface area contributed by atoms with Gasteiger partial charge in [-0.25, -0.2) is 0 Å². The van der Waals surface area contributed by atoms with Crippen LogP contribution >= 0.6 is 0 Å². The van der Waals surface area contributed by atoms with Gasteiger partial charge in [0.05, 0.1) is 13.7 Å². The molecule has 0 atom stereocenters. The molecule has 0 saturated heterocycles. The Labute approximate surface area is 103 Å². The molecule has 0 amide bonds. The van der Waals surface area contributed by atoms with Crippen molar-refractivity contribution in [1.29, 1.82) is 0 Å². The van der Waals surface area contributed by atoms with E-state index in [1.165, 1.54) is 0 Å². The van der Waals surface area contributed by atoms with E-state index >= 15 is 0 Å². The van der Waals surface area contributed by atoms with Crippen LogP contribution in [0.25, 0.3) is 0 Å². The van der Waals surface area contributed by atoms with Crippen molar-refractivity contribution < 1.29 is 14.2 Å². The molecule has 17 heavy (non-hydrogen) atoms. The molecular weight excluding hydrogens is 218 g/mol. The largest absolute Gasteiger partial charge is 0.497 e. The van der Waals surface area contributed by atoms with Crippen LogP contribution in [0.3, 0.4) is 0 Å². The molecule has 1 aromatic carbocycles. The van der Waals surface area contributed by atoms with Gasteiger partial charge in [0, 0.05) is 32.2 Å². The topological polar surface area (TPSA) is 53.7 Å². The Morgan fingerprint density at radius 3 is 2.53 bits per heavy atom. The number of benzene rings is 1. The smallest absolute Gasteiger partial charge is 0.123 e. The minimum atomic E-state index is 0.479. The molecule has 0 fully saturated rings. The first-order valence-electron chi connectivity index (χ1n) is 5.88. The van der Waals surface area contributed by atoms with E-state index in [1.54, 1.807) is 7.11 Å². The van der Waals surface area contributed by atoms with Crippen LogP contribution in [-0.2, 0) is 11.3 Å². The van der Waals surface area contributed by atoms with E-state index in [0.717, 1.165) is 36.7 Å².